The van der Waals surface area contributed by atoms with Crippen LogP contribution in [0.25, 0.3) is 0 Å². The molecule has 2 unspecified atom stereocenters. The molecule has 1 aromatic rings. The first-order valence-electron chi connectivity index (χ1n) is 8.55. The van der Waals surface area contributed by atoms with Gasteiger partial charge in [-0.3, -0.25) is 9.59 Å². The first kappa shape index (κ1) is 18.3. The predicted molar refractivity (Wildman–Crippen MR) is 94.1 cm³/mol. The molecule has 2 N–H and O–H groups in total. The van der Waals surface area contributed by atoms with Gasteiger partial charge in [0.05, 0.1) is 18.8 Å². The van der Waals surface area contributed by atoms with Crippen LogP contribution in [0.4, 0.5) is 5.69 Å². The van der Waals surface area contributed by atoms with Gasteiger partial charge in [-0.15, -0.1) is 0 Å². The van der Waals surface area contributed by atoms with Crippen LogP contribution < -0.4 is 10.6 Å². The molecule has 2 atom stereocenters. The Balaban J connectivity index is 1.89. The second-order valence-electron chi connectivity index (χ2n) is 6.25. The highest BCUT2D eigenvalue weighted by atomic mass is 16.5. The maximum atomic E-state index is 12.6. The van der Waals surface area contributed by atoms with Crippen LogP contribution in [0.2, 0.25) is 0 Å². The van der Waals surface area contributed by atoms with Gasteiger partial charge in [-0.1, -0.05) is 6.92 Å². The molecule has 6 nitrogen and oxygen atoms in total. The van der Waals surface area contributed by atoms with Crippen molar-refractivity contribution in [1.29, 1.82) is 0 Å². The van der Waals surface area contributed by atoms with Gasteiger partial charge in [-0.2, -0.15) is 0 Å². The van der Waals surface area contributed by atoms with Gasteiger partial charge in [0.15, 0.2) is 0 Å². The number of ether oxygens (including phenoxy) is 1. The maximum absolute atomic E-state index is 12.6. The Morgan fingerprint density at radius 1 is 1.17 bits per heavy atom. The zero-order chi connectivity index (χ0) is 17.5. The lowest BCUT2D eigenvalue weighted by Gasteiger charge is -2.35. The Morgan fingerprint density at radius 2 is 1.79 bits per heavy atom. The van der Waals surface area contributed by atoms with Crippen LogP contribution in [0.5, 0.6) is 0 Å². The van der Waals surface area contributed by atoms with Gasteiger partial charge in [-0.05, 0) is 44.5 Å². The third kappa shape index (κ3) is 5.23. The van der Waals surface area contributed by atoms with E-state index in [1.54, 1.807) is 12.1 Å². The lowest BCUT2D eigenvalue weighted by atomic mass is 10.1. The highest BCUT2D eigenvalue weighted by Gasteiger charge is 2.26. The molecule has 24 heavy (non-hydrogen) atoms. The third-order valence-corrected chi connectivity index (χ3v) is 3.86. The highest BCUT2D eigenvalue weighted by Crippen LogP contribution is 2.16. The largest absolute Gasteiger partial charge is 0.376 e. The minimum atomic E-state index is -0.0340. The summed E-state index contributed by atoms with van der Waals surface area (Å²) in [6.07, 6.45) is 1.03. The van der Waals surface area contributed by atoms with Gasteiger partial charge >= 0.3 is 0 Å². The second-order valence-corrected chi connectivity index (χ2v) is 6.25. The molecule has 1 fully saturated rings. The molecule has 2 amide bonds. The van der Waals surface area contributed by atoms with Crippen molar-refractivity contribution in [3.05, 3.63) is 29.8 Å². The number of nitrogens with one attached hydrogen (secondary N) is 2. The van der Waals surface area contributed by atoms with Crippen molar-refractivity contribution in [2.45, 2.75) is 39.4 Å². The fourth-order valence-electron chi connectivity index (χ4n) is 2.77. The van der Waals surface area contributed by atoms with E-state index in [2.05, 4.69) is 10.6 Å². The van der Waals surface area contributed by atoms with E-state index < -0.39 is 0 Å². The molecule has 1 aliphatic rings. The molecule has 0 aromatic heterocycles. The summed E-state index contributed by atoms with van der Waals surface area (Å²) in [6, 6.07) is 7.24. The molecule has 1 heterocycles. The summed E-state index contributed by atoms with van der Waals surface area (Å²) in [5, 5.41) is 5.87. The summed E-state index contributed by atoms with van der Waals surface area (Å²) in [7, 11) is 0. The van der Waals surface area contributed by atoms with Crippen LogP contribution in [0.1, 0.15) is 37.6 Å². The number of carbonyl (C=O) groups excluding carboxylic acids is 2. The van der Waals surface area contributed by atoms with Gasteiger partial charge in [-0.25, -0.2) is 0 Å². The average molecular weight is 333 g/mol. The number of hydrogen-bond donors (Lipinski definition) is 2. The van der Waals surface area contributed by atoms with Gasteiger partial charge in [0.25, 0.3) is 5.91 Å². The van der Waals surface area contributed by atoms with Crippen molar-refractivity contribution in [2.75, 3.05) is 31.5 Å². The fourth-order valence-corrected chi connectivity index (χ4v) is 2.77. The van der Waals surface area contributed by atoms with E-state index in [1.807, 2.05) is 37.8 Å². The van der Waals surface area contributed by atoms with E-state index in [1.165, 1.54) is 0 Å². The second kappa shape index (κ2) is 8.68. The molecular weight excluding hydrogens is 306 g/mol. The van der Waals surface area contributed by atoms with Gasteiger partial charge in [0.1, 0.15) is 0 Å². The smallest absolute Gasteiger partial charge is 0.254 e. The van der Waals surface area contributed by atoms with E-state index in [-0.39, 0.29) is 30.6 Å². The van der Waals surface area contributed by atoms with Crippen LogP contribution in [0.15, 0.2) is 24.3 Å². The molecule has 0 bridgehead atoms. The van der Waals surface area contributed by atoms with E-state index in [9.17, 15) is 9.59 Å². The Labute approximate surface area is 143 Å². The van der Waals surface area contributed by atoms with Crippen molar-refractivity contribution >= 4 is 17.5 Å². The number of nitrogens with zero attached hydrogens (tertiary/aromatic N) is 1. The normalized spacial score (nSPS) is 20.5. The number of benzene rings is 1. The standard InChI is InChI=1S/C18H27N3O3/c1-4-9-19-17(22)10-20-16-7-5-15(6-8-16)18(23)21-11-13(2)24-14(3)12-21/h5-8,13-14,20H,4,9-12H2,1-3H3,(H,19,22). The fraction of sp³-hybridized carbons (Fsp3) is 0.556. The summed E-state index contributed by atoms with van der Waals surface area (Å²) in [5.41, 5.74) is 1.47. The number of carbonyl (C=O) groups is 2. The number of morpholine rings is 1. The van der Waals surface area contributed by atoms with E-state index >= 15 is 0 Å². The maximum Gasteiger partial charge on any atom is 0.254 e. The van der Waals surface area contributed by atoms with Crippen LogP contribution in [0.3, 0.4) is 0 Å². The van der Waals surface area contributed by atoms with Crippen LogP contribution in [-0.4, -0.2) is 55.1 Å². The number of hydrogen-bond acceptors (Lipinski definition) is 4. The third-order valence-electron chi connectivity index (χ3n) is 3.86. The number of rotatable bonds is 6. The average Bonchev–Trinajstić information content (AvgIpc) is 2.57. The minimum Gasteiger partial charge on any atom is -0.376 e. The first-order valence-corrected chi connectivity index (χ1v) is 8.55. The molecule has 0 radical (unpaired) electrons. The molecule has 0 spiro atoms. The zero-order valence-corrected chi connectivity index (χ0v) is 14.7. The molecule has 0 saturated carbocycles. The van der Waals surface area contributed by atoms with E-state index in [0.29, 0.717) is 25.2 Å². The summed E-state index contributed by atoms with van der Waals surface area (Å²) >= 11 is 0. The van der Waals surface area contributed by atoms with Gasteiger partial charge in [0.2, 0.25) is 5.91 Å². The topological polar surface area (TPSA) is 70.7 Å². The molecule has 1 aliphatic heterocycles. The quantitative estimate of drug-likeness (QED) is 0.834. The van der Waals surface area contributed by atoms with Crippen molar-refractivity contribution in [2.24, 2.45) is 0 Å². The van der Waals surface area contributed by atoms with Crippen LogP contribution in [0, 0.1) is 0 Å². The van der Waals surface area contributed by atoms with Crippen molar-refractivity contribution in [3.8, 4) is 0 Å². The van der Waals surface area contributed by atoms with Crippen molar-refractivity contribution in [3.63, 3.8) is 0 Å². The van der Waals surface area contributed by atoms with Crippen LogP contribution in [-0.2, 0) is 9.53 Å². The zero-order valence-electron chi connectivity index (χ0n) is 14.7. The predicted octanol–water partition coefficient (Wildman–Crippen LogP) is 1.87. The Bertz CT molecular complexity index is 549. The molecular formula is C18H27N3O3. The lowest BCUT2D eigenvalue weighted by molar-refractivity contribution is -0.119. The Kier molecular flexibility index (Phi) is 6.61. The summed E-state index contributed by atoms with van der Waals surface area (Å²) in [6.45, 7) is 8.11. The van der Waals surface area contributed by atoms with E-state index in [4.69, 9.17) is 4.74 Å². The summed E-state index contributed by atoms with van der Waals surface area (Å²) in [5.74, 6) is -0.0162. The number of anilines is 1. The molecule has 6 heteroatoms. The Morgan fingerprint density at radius 3 is 2.38 bits per heavy atom. The first-order chi connectivity index (χ1) is 11.5. The van der Waals surface area contributed by atoms with Gasteiger partial charge < -0.3 is 20.3 Å². The summed E-state index contributed by atoms with van der Waals surface area (Å²) in [4.78, 5) is 26.0. The summed E-state index contributed by atoms with van der Waals surface area (Å²) < 4.78 is 5.66. The van der Waals surface area contributed by atoms with E-state index in [0.717, 1.165) is 12.1 Å². The number of amides is 2. The van der Waals surface area contributed by atoms with Crippen molar-refractivity contribution < 1.29 is 14.3 Å². The molecule has 1 saturated heterocycles. The molecule has 132 valence electrons. The van der Waals surface area contributed by atoms with Gasteiger partial charge in [0, 0.05) is 30.9 Å². The molecule has 2 rings (SSSR count). The van der Waals surface area contributed by atoms with Crippen molar-refractivity contribution in [1.82, 2.24) is 10.2 Å². The minimum absolute atomic E-state index is 0.0178. The molecule has 1 aromatic carbocycles. The monoisotopic (exact) mass is 333 g/mol. The highest BCUT2D eigenvalue weighted by molar-refractivity contribution is 5.94. The van der Waals surface area contributed by atoms with Crippen LogP contribution >= 0.6 is 0 Å². The SMILES string of the molecule is CCCNC(=O)CNc1ccc(C(=O)N2CC(C)OC(C)C2)cc1. The Hall–Kier alpha value is -2.08. The lowest BCUT2D eigenvalue weighted by Crippen LogP contribution is -2.48. The molecule has 0 aliphatic carbocycles.